The zero-order valence-corrected chi connectivity index (χ0v) is 15.7. The molecule has 1 aliphatic rings. The Hall–Kier alpha value is -2.74. The molecule has 1 aliphatic heterocycles. The lowest BCUT2D eigenvalue weighted by molar-refractivity contribution is -0.126. The third kappa shape index (κ3) is 3.71. The maximum Gasteiger partial charge on any atom is 0.229 e. The molecule has 0 saturated carbocycles. The summed E-state index contributed by atoms with van der Waals surface area (Å²) in [5.74, 6) is -0.530. The minimum Gasteiger partial charge on any atom is -0.436 e. The Kier molecular flexibility index (Phi) is 4.65. The van der Waals surface area contributed by atoms with Gasteiger partial charge < -0.3 is 15.1 Å². The van der Waals surface area contributed by atoms with Crippen molar-refractivity contribution in [2.24, 2.45) is 5.92 Å². The monoisotopic (exact) mass is 431 g/mol. The first-order valence-electron chi connectivity index (χ1n) is 8.43. The Labute approximate surface area is 162 Å². The lowest BCUT2D eigenvalue weighted by Gasteiger charge is -2.21. The summed E-state index contributed by atoms with van der Waals surface area (Å²) in [5, 5.41) is 5.54. The van der Waals surface area contributed by atoms with Crippen LogP contribution in [-0.4, -0.2) is 23.3 Å². The number of piperidine rings is 1. The SMILES string of the molecule is O=C1CCC(C(=O)Nc2ccc3oc(-c4cc(F)ccc4Br)nc3c2)CN1. The highest BCUT2D eigenvalue weighted by Crippen LogP contribution is 2.31. The Balaban J connectivity index is 1.57. The van der Waals surface area contributed by atoms with Crippen LogP contribution in [0.5, 0.6) is 0 Å². The number of anilines is 1. The number of halogens is 2. The fraction of sp³-hybridized carbons (Fsp3) is 0.211. The zero-order valence-electron chi connectivity index (χ0n) is 14.1. The second-order valence-corrected chi connectivity index (χ2v) is 7.21. The summed E-state index contributed by atoms with van der Waals surface area (Å²) < 4.78 is 19.9. The molecule has 0 radical (unpaired) electrons. The Morgan fingerprint density at radius 1 is 1.30 bits per heavy atom. The Morgan fingerprint density at radius 2 is 2.15 bits per heavy atom. The third-order valence-electron chi connectivity index (χ3n) is 4.45. The number of nitrogens with one attached hydrogen (secondary N) is 2. The van der Waals surface area contributed by atoms with E-state index in [-0.39, 0.29) is 29.4 Å². The average Bonchev–Trinajstić information content (AvgIpc) is 3.07. The number of hydrogen-bond donors (Lipinski definition) is 2. The van der Waals surface area contributed by atoms with E-state index in [0.717, 1.165) is 0 Å². The summed E-state index contributed by atoms with van der Waals surface area (Å²) in [4.78, 5) is 28.0. The van der Waals surface area contributed by atoms with Gasteiger partial charge in [0.05, 0.1) is 11.5 Å². The summed E-state index contributed by atoms with van der Waals surface area (Å²) in [5.41, 5.74) is 2.18. The molecule has 1 aromatic heterocycles. The first-order chi connectivity index (χ1) is 13.0. The first-order valence-corrected chi connectivity index (χ1v) is 9.22. The van der Waals surface area contributed by atoms with Crippen molar-refractivity contribution in [1.82, 2.24) is 10.3 Å². The smallest absolute Gasteiger partial charge is 0.229 e. The summed E-state index contributed by atoms with van der Waals surface area (Å²) in [6, 6.07) is 9.41. The van der Waals surface area contributed by atoms with Gasteiger partial charge in [-0.3, -0.25) is 9.59 Å². The highest BCUT2D eigenvalue weighted by atomic mass is 79.9. The first kappa shape index (κ1) is 17.7. The van der Waals surface area contributed by atoms with Gasteiger partial charge in [-0.05, 0) is 58.7 Å². The molecule has 1 unspecified atom stereocenters. The number of rotatable bonds is 3. The summed E-state index contributed by atoms with van der Waals surface area (Å²) in [6.45, 7) is 0.342. The molecule has 3 aromatic rings. The van der Waals surface area contributed by atoms with Crippen molar-refractivity contribution in [3.63, 3.8) is 0 Å². The van der Waals surface area contributed by atoms with E-state index in [1.54, 1.807) is 24.3 Å². The molecule has 0 aliphatic carbocycles. The van der Waals surface area contributed by atoms with E-state index in [1.165, 1.54) is 12.1 Å². The van der Waals surface area contributed by atoms with E-state index < -0.39 is 0 Å². The van der Waals surface area contributed by atoms with E-state index in [2.05, 4.69) is 31.5 Å². The van der Waals surface area contributed by atoms with Gasteiger partial charge in [-0.25, -0.2) is 9.37 Å². The lowest BCUT2D eigenvalue weighted by Crippen LogP contribution is -2.40. The molecule has 2 heterocycles. The zero-order chi connectivity index (χ0) is 19.0. The van der Waals surface area contributed by atoms with Crippen molar-refractivity contribution in [3.05, 3.63) is 46.7 Å². The molecule has 1 fully saturated rings. The van der Waals surface area contributed by atoms with Crippen LogP contribution in [-0.2, 0) is 9.59 Å². The average molecular weight is 432 g/mol. The second-order valence-electron chi connectivity index (χ2n) is 6.35. The summed E-state index contributed by atoms with van der Waals surface area (Å²) in [6.07, 6.45) is 0.883. The van der Waals surface area contributed by atoms with Gasteiger partial charge in [-0.15, -0.1) is 0 Å². The largest absolute Gasteiger partial charge is 0.436 e. The van der Waals surface area contributed by atoms with Crippen molar-refractivity contribution >= 4 is 44.5 Å². The maximum absolute atomic E-state index is 13.5. The molecular formula is C19H15BrFN3O3. The molecule has 138 valence electrons. The standard InChI is InChI=1S/C19H15BrFN3O3/c20-14-4-2-11(21)7-13(14)19-24-15-8-12(3-5-16(15)27-19)23-18(26)10-1-6-17(25)22-9-10/h2-5,7-8,10H,1,6,9H2,(H,22,25)(H,23,26). The molecule has 0 spiro atoms. The maximum atomic E-state index is 13.5. The number of carbonyl (C=O) groups is 2. The van der Waals surface area contributed by atoms with Crippen molar-refractivity contribution in [3.8, 4) is 11.5 Å². The predicted molar refractivity (Wildman–Crippen MR) is 101 cm³/mol. The van der Waals surface area contributed by atoms with Crippen LogP contribution in [0.4, 0.5) is 10.1 Å². The number of fused-ring (bicyclic) bond motifs is 1. The van der Waals surface area contributed by atoms with Crippen molar-refractivity contribution in [1.29, 1.82) is 0 Å². The molecule has 2 N–H and O–H groups in total. The van der Waals surface area contributed by atoms with Crippen LogP contribution in [0.2, 0.25) is 0 Å². The molecular weight excluding hydrogens is 417 g/mol. The van der Waals surface area contributed by atoms with Gasteiger partial charge in [0.15, 0.2) is 5.58 Å². The van der Waals surface area contributed by atoms with Gasteiger partial charge in [0.2, 0.25) is 17.7 Å². The number of carbonyl (C=O) groups excluding carboxylic acids is 2. The fourth-order valence-corrected chi connectivity index (χ4v) is 3.40. The number of hydrogen-bond acceptors (Lipinski definition) is 4. The van der Waals surface area contributed by atoms with Crippen LogP contribution in [0.25, 0.3) is 22.6 Å². The van der Waals surface area contributed by atoms with E-state index >= 15 is 0 Å². The number of nitrogens with zero attached hydrogens (tertiary/aromatic N) is 1. The molecule has 1 saturated heterocycles. The quantitative estimate of drug-likeness (QED) is 0.659. The van der Waals surface area contributed by atoms with Gasteiger partial charge in [0.1, 0.15) is 11.3 Å². The van der Waals surface area contributed by atoms with Crippen LogP contribution >= 0.6 is 15.9 Å². The molecule has 0 bridgehead atoms. The summed E-state index contributed by atoms with van der Waals surface area (Å²) in [7, 11) is 0. The molecule has 1 atom stereocenters. The normalized spacial score (nSPS) is 17.0. The molecule has 2 amide bonds. The van der Waals surface area contributed by atoms with Crippen LogP contribution in [0, 0.1) is 11.7 Å². The number of aromatic nitrogens is 1. The minimum absolute atomic E-state index is 0.0286. The lowest BCUT2D eigenvalue weighted by atomic mass is 9.98. The summed E-state index contributed by atoms with van der Waals surface area (Å²) >= 11 is 3.37. The van der Waals surface area contributed by atoms with Gasteiger partial charge in [0, 0.05) is 23.1 Å². The number of oxazole rings is 1. The molecule has 2 aromatic carbocycles. The second kappa shape index (κ2) is 7.11. The van der Waals surface area contributed by atoms with Crippen LogP contribution < -0.4 is 10.6 Å². The Bertz CT molecular complexity index is 1040. The molecule has 6 nitrogen and oxygen atoms in total. The highest BCUT2D eigenvalue weighted by Gasteiger charge is 2.24. The fourth-order valence-electron chi connectivity index (χ4n) is 2.98. The molecule has 8 heteroatoms. The molecule has 4 rings (SSSR count). The highest BCUT2D eigenvalue weighted by molar-refractivity contribution is 9.10. The van der Waals surface area contributed by atoms with Crippen LogP contribution in [0.1, 0.15) is 12.8 Å². The van der Waals surface area contributed by atoms with Crippen molar-refractivity contribution < 1.29 is 18.4 Å². The molecule has 27 heavy (non-hydrogen) atoms. The van der Waals surface area contributed by atoms with Gasteiger partial charge in [-0.2, -0.15) is 0 Å². The van der Waals surface area contributed by atoms with Crippen molar-refractivity contribution in [2.45, 2.75) is 12.8 Å². The van der Waals surface area contributed by atoms with Gasteiger partial charge >= 0.3 is 0 Å². The number of amides is 2. The van der Waals surface area contributed by atoms with Crippen molar-refractivity contribution in [2.75, 3.05) is 11.9 Å². The Morgan fingerprint density at radius 3 is 2.93 bits per heavy atom. The predicted octanol–water partition coefficient (Wildman–Crippen LogP) is 3.86. The number of benzene rings is 2. The van der Waals surface area contributed by atoms with Gasteiger partial charge in [0.25, 0.3) is 0 Å². The topological polar surface area (TPSA) is 84.2 Å². The minimum atomic E-state index is -0.386. The van der Waals surface area contributed by atoms with Gasteiger partial charge in [-0.1, -0.05) is 0 Å². The van der Waals surface area contributed by atoms with E-state index in [1.807, 2.05) is 0 Å². The van der Waals surface area contributed by atoms with E-state index in [9.17, 15) is 14.0 Å². The van der Waals surface area contributed by atoms with E-state index in [4.69, 9.17) is 4.42 Å². The van der Waals surface area contributed by atoms with Crippen LogP contribution in [0.3, 0.4) is 0 Å². The van der Waals surface area contributed by atoms with E-state index in [0.29, 0.717) is 46.2 Å². The van der Waals surface area contributed by atoms with Crippen LogP contribution in [0.15, 0.2) is 45.3 Å². The third-order valence-corrected chi connectivity index (χ3v) is 5.14.